The minimum atomic E-state index is -0.536. The van der Waals surface area contributed by atoms with Gasteiger partial charge in [-0.25, -0.2) is 9.59 Å². The first-order chi connectivity index (χ1) is 10.2. The van der Waals surface area contributed by atoms with Crippen LogP contribution in [-0.4, -0.2) is 57.1 Å². The third-order valence-electron chi connectivity index (χ3n) is 2.62. The molecule has 0 saturated carbocycles. The molecule has 0 bridgehead atoms. The number of ether oxygens (including phenoxy) is 2. The fourth-order valence-corrected chi connectivity index (χ4v) is 1.76. The van der Waals surface area contributed by atoms with Crippen molar-refractivity contribution in [3.05, 3.63) is 0 Å². The number of amides is 3. The molecular weight excluding hydrogens is 288 g/mol. The summed E-state index contributed by atoms with van der Waals surface area (Å²) in [7, 11) is 1.63. The summed E-state index contributed by atoms with van der Waals surface area (Å²) < 4.78 is 10.3. The Hall–Kier alpha value is -1.54. The molecule has 0 fully saturated rings. The summed E-state index contributed by atoms with van der Waals surface area (Å²) >= 11 is 0. The maximum Gasteiger partial charge on any atom is 0.407 e. The Bertz CT molecular complexity index is 331. The van der Waals surface area contributed by atoms with Crippen LogP contribution in [0.25, 0.3) is 0 Å². The molecule has 0 heterocycles. The van der Waals surface area contributed by atoms with Crippen molar-refractivity contribution in [1.82, 2.24) is 16.0 Å². The van der Waals surface area contributed by atoms with E-state index < -0.39 is 17.7 Å². The molecule has 0 saturated heterocycles. The fraction of sp³-hybridized carbons (Fsp3) is 0.857. The molecule has 130 valence electrons. The Balaban J connectivity index is 3.81. The van der Waals surface area contributed by atoms with Gasteiger partial charge in [0.25, 0.3) is 0 Å². The van der Waals surface area contributed by atoms with Gasteiger partial charge in [0.1, 0.15) is 5.60 Å². The van der Waals surface area contributed by atoms with E-state index in [0.717, 1.165) is 12.8 Å². The smallest absolute Gasteiger partial charge is 0.407 e. The molecule has 5 N–H and O–H groups in total. The van der Waals surface area contributed by atoms with Crippen LogP contribution < -0.4 is 21.7 Å². The molecule has 0 aliphatic carbocycles. The number of carbonyl (C=O) groups excluding carboxylic acids is 2. The summed E-state index contributed by atoms with van der Waals surface area (Å²) in [5.74, 6) is 0. The molecule has 0 aliphatic rings. The monoisotopic (exact) mass is 318 g/mol. The highest BCUT2D eigenvalue weighted by Crippen LogP contribution is 2.06. The highest BCUT2D eigenvalue weighted by Gasteiger charge is 2.15. The zero-order valence-electron chi connectivity index (χ0n) is 14.0. The van der Waals surface area contributed by atoms with Crippen molar-refractivity contribution < 1.29 is 19.1 Å². The summed E-state index contributed by atoms with van der Waals surface area (Å²) in [6.07, 6.45) is 1.22. The summed E-state index contributed by atoms with van der Waals surface area (Å²) in [5.41, 5.74) is 4.50. The molecule has 0 aliphatic heterocycles. The lowest BCUT2D eigenvalue weighted by atomic mass is 10.1. The molecule has 0 aromatic heterocycles. The van der Waals surface area contributed by atoms with Gasteiger partial charge < -0.3 is 31.2 Å². The molecule has 0 aromatic rings. The van der Waals surface area contributed by atoms with Crippen LogP contribution in [-0.2, 0) is 9.47 Å². The molecule has 0 aromatic carbocycles. The van der Waals surface area contributed by atoms with Gasteiger partial charge in [0.2, 0.25) is 0 Å². The SMILES string of the molecule is COCC(CCCNC(=O)OC(C)(C)C)NCCNC(N)=O. The first kappa shape index (κ1) is 20.5. The number of nitrogens with one attached hydrogen (secondary N) is 3. The number of methoxy groups -OCH3 is 1. The number of hydrogen-bond acceptors (Lipinski definition) is 5. The minimum Gasteiger partial charge on any atom is -0.444 e. The molecule has 22 heavy (non-hydrogen) atoms. The van der Waals surface area contributed by atoms with E-state index in [9.17, 15) is 9.59 Å². The Kier molecular flexibility index (Phi) is 10.3. The van der Waals surface area contributed by atoms with Gasteiger partial charge in [-0.1, -0.05) is 0 Å². The molecule has 8 heteroatoms. The number of urea groups is 1. The van der Waals surface area contributed by atoms with E-state index in [2.05, 4.69) is 16.0 Å². The number of nitrogens with two attached hydrogens (primary N) is 1. The van der Waals surface area contributed by atoms with Gasteiger partial charge in [-0.3, -0.25) is 0 Å². The number of rotatable bonds is 10. The van der Waals surface area contributed by atoms with Crippen LogP contribution in [0.3, 0.4) is 0 Å². The summed E-state index contributed by atoms with van der Waals surface area (Å²) in [4.78, 5) is 22.0. The average Bonchev–Trinajstić information content (AvgIpc) is 2.37. The van der Waals surface area contributed by atoms with Crippen molar-refractivity contribution in [3.63, 3.8) is 0 Å². The first-order valence-electron chi connectivity index (χ1n) is 7.47. The molecule has 0 rings (SSSR count). The largest absolute Gasteiger partial charge is 0.444 e. The molecule has 8 nitrogen and oxygen atoms in total. The summed E-state index contributed by atoms with van der Waals surface area (Å²) in [5, 5.41) is 8.49. The van der Waals surface area contributed by atoms with E-state index in [0.29, 0.717) is 26.2 Å². The van der Waals surface area contributed by atoms with E-state index in [1.165, 1.54) is 0 Å². The maximum atomic E-state index is 11.5. The normalized spacial score (nSPS) is 12.5. The van der Waals surface area contributed by atoms with E-state index in [1.54, 1.807) is 7.11 Å². The fourth-order valence-electron chi connectivity index (χ4n) is 1.76. The van der Waals surface area contributed by atoms with Crippen molar-refractivity contribution >= 4 is 12.1 Å². The zero-order chi connectivity index (χ0) is 17.0. The highest BCUT2D eigenvalue weighted by atomic mass is 16.6. The Morgan fingerprint density at radius 1 is 1.14 bits per heavy atom. The first-order valence-corrected chi connectivity index (χ1v) is 7.47. The minimum absolute atomic E-state index is 0.153. The van der Waals surface area contributed by atoms with E-state index in [4.69, 9.17) is 15.2 Å². The second-order valence-corrected chi connectivity index (χ2v) is 5.97. The van der Waals surface area contributed by atoms with Gasteiger partial charge in [-0.2, -0.15) is 0 Å². The van der Waals surface area contributed by atoms with Crippen LogP contribution >= 0.6 is 0 Å². The van der Waals surface area contributed by atoms with E-state index >= 15 is 0 Å². The average molecular weight is 318 g/mol. The summed E-state index contributed by atoms with van der Waals surface area (Å²) in [6.45, 7) is 7.64. The number of alkyl carbamates (subject to hydrolysis) is 1. The van der Waals surface area contributed by atoms with Gasteiger partial charge in [0, 0.05) is 32.8 Å². The summed E-state index contributed by atoms with van der Waals surface area (Å²) in [6, 6.07) is -0.383. The van der Waals surface area contributed by atoms with Crippen LogP contribution in [0.1, 0.15) is 33.6 Å². The predicted molar refractivity (Wildman–Crippen MR) is 84.7 cm³/mol. The van der Waals surface area contributed by atoms with Gasteiger partial charge >= 0.3 is 12.1 Å². The quantitative estimate of drug-likeness (QED) is 0.440. The van der Waals surface area contributed by atoms with Crippen LogP contribution in [0.5, 0.6) is 0 Å². The third kappa shape index (κ3) is 13.4. The lowest BCUT2D eigenvalue weighted by Gasteiger charge is -2.20. The molecule has 1 atom stereocenters. The lowest BCUT2D eigenvalue weighted by Crippen LogP contribution is -2.41. The van der Waals surface area contributed by atoms with Crippen molar-refractivity contribution in [2.75, 3.05) is 33.4 Å². The highest BCUT2D eigenvalue weighted by molar-refractivity contribution is 5.71. The number of carbonyl (C=O) groups is 2. The van der Waals surface area contributed by atoms with E-state index in [1.807, 2.05) is 20.8 Å². The van der Waals surface area contributed by atoms with Crippen molar-refractivity contribution in [3.8, 4) is 0 Å². The van der Waals surface area contributed by atoms with Crippen LogP contribution in [0.15, 0.2) is 0 Å². The van der Waals surface area contributed by atoms with Crippen LogP contribution in [0.4, 0.5) is 9.59 Å². The Labute approximate surface area is 132 Å². The molecular formula is C14H30N4O4. The van der Waals surface area contributed by atoms with Gasteiger partial charge in [0.15, 0.2) is 0 Å². The predicted octanol–water partition coefficient (Wildman–Crippen LogP) is 0.564. The standard InChI is InChI=1S/C14H30N4O4/c1-14(2,3)22-13(20)18-7-5-6-11(10-21-4)16-8-9-17-12(15)19/h11,16H,5-10H2,1-4H3,(H,18,20)(H3,15,17,19). The second-order valence-electron chi connectivity index (χ2n) is 5.97. The molecule has 0 spiro atoms. The second kappa shape index (κ2) is 11.1. The number of primary amides is 1. The van der Waals surface area contributed by atoms with Crippen molar-refractivity contribution in [2.45, 2.75) is 45.3 Å². The van der Waals surface area contributed by atoms with Crippen LogP contribution in [0.2, 0.25) is 0 Å². The topological polar surface area (TPSA) is 115 Å². The third-order valence-corrected chi connectivity index (χ3v) is 2.62. The zero-order valence-corrected chi connectivity index (χ0v) is 14.0. The Morgan fingerprint density at radius 2 is 1.82 bits per heavy atom. The van der Waals surface area contributed by atoms with Gasteiger partial charge in [0.05, 0.1) is 6.61 Å². The van der Waals surface area contributed by atoms with Gasteiger partial charge in [-0.15, -0.1) is 0 Å². The number of hydrogen-bond donors (Lipinski definition) is 4. The van der Waals surface area contributed by atoms with Crippen molar-refractivity contribution in [1.29, 1.82) is 0 Å². The van der Waals surface area contributed by atoms with Crippen LogP contribution in [0, 0.1) is 0 Å². The lowest BCUT2D eigenvalue weighted by molar-refractivity contribution is 0.0526. The molecule has 1 unspecified atom stereocenters. The Morgan fingerprint density at radius 3 is 2.36 bits per heavy atom. The maximum absolute atomic E-state index is 11.5. The van der Waals surface area contributed by atoms with Gasteiger partial charge in [-0.05, 0) is 33.6 Å². The van der Waals surface area contributed by atoms with Crippen molar-refractivity contribution in [2.24, 2.45) is 5.73 Å². The molecule has 3 amide bonds. The molecule has 0 radical (unpaired) electrons. The van der Waals surface area contributed by atoms with E-state index in [-0.39, 0.29) is 6.04 Å².